The van der Waals surface area contributed by atoms with E-state index in [0.717, 1.165) is 30.1 Å². The molecule has 19 heavy (non-hydrogen) atoms. The maximum Gasteiger partial charge on any atom is 0.120 e. The number of hydrogen-bond donors (Lipinski definition) is 0. The molecular formula is C18H22O. The quantitative estimate of drug-likeness (QED) is 0.746. The van der Waals surface area contributed by atoms with Crippen molar-refractivity contribution in [2.75, 3.05) is 0 Å². The van der Waals surface area contributed by atoms with Crippen LogP contribution in [-0.4, -0.2) is 6.29 Å². The average Bonchev–Trinajstić information content (AvgIpc) is 2.43. The maximum absolute atomic E-state index is 11.4. The van der Waals surface area contributed by atoms with Crippen LogP contribution in [0.4, 0.5) is 0 Å². The van der Waals surface area contributed by atoms with Crippen LogP contribution in [0, 0.1) is 23.7 Å². The zero-order valence-corrected chi connectivity index (χ0v) is 11.4. The number of carbonyl (C=O) groups excluding carboxylic acids is 1. The molecule has 0 amide bonds. The van der Waals surface area contributed by atoms with Gasteiger partial charge in [-0.05, 0) is 61.3 Å². The van der Waals surface area contributed by atoms with Crippen LogP contribution in [0.5, 0.6) is 0 Å². The summed E-state index contributed by atoms with van der Waals surface area (Å²) in [5.41, 5.74) is 1.62. The molecule has 1 nitrogen and oxygen atoms in total. The molecule has 0 saturated heterocycles. The lowest BCUT2D eigenvalue weighted by Gasteiger charge is -2.61. The molecule has 1 aromatic rings. The van der Waals surface area contributed by atoms with Gasteiger partial charge in [-0.25, -0.2) is 0 Å². The van der Waals surface area contributed by atoms with Gasteiger partial charge in [0.25, 0.3) is 0 Å². The Morgan fingerprint density at radius 1 is 0.947 bits per heavy atom. The van der Waals surface area contributed by atoms with Gasteiger partial charge in [0.05, 0.1) is 0 Å². The maximum atomic E-state index is 11.4. The van der Waals surface area contributed by atoms with Gasteiger partial charge in [0.2, 0.25) is 0 Å². The van der Waals surface area contributed by atoms with Crippen molar-refractivity contribution in [3.63, 3.8) is 0 Å². The lowest BCUT2D eigenvalue weighted by molar-refractivity contribution is -0.115. The monoisotopic (exact) mass is 254 g/mol. The third-order valence-corrected chi connectivity index (χ3v) is 6.33. The Bertz CT molecular complexity index is 448. The summed E-state index contributed by atoms with van der Waals surface area (Å²) in [4.78, 5) is 11.4. The fourth-order valence-electron chi connectivity index (χ4n) is 5.83. The van der Waals surface area contributed by atoms with E-state index in [9.17, 15) is 4.79 Å². The van der Waals surface area contributed by atoms with Gasteiger partial charge in [-0.3, -0.25) is 0 Å². The number of rotatable bonds is 3. The van der Waals surface area contributed by atoms with Crippen LogP contribution < -0.4 is 0 Å². The number of carbonyl (C=O) groups is 1. The summed E-state index contributed by atoms with van der Waals surface area (Å²) in [6.07, 6.45) is 8.89. The normalized spacial score (nSPS) is 43.4. The third-order valence-electron chi connectivity index (χ3n) is 6.33. The first-order valence-corrected chi connectivity index (χ1v) is 7.82. The molecule has 4 bridgehead atoms. The Morgan fingerprint density at radius 3 is 2.05 bits per heavy atom. The van der Waals surface area contributed by atoms with Crippen LogP contribution in [0.15, 0.2) is 30.3 Å². The summed E-state index contributed by atoms with van der Waals surface area (Å²) in [7, 11) is 0. The van der Waals surface area contributed by atoms with E-state index in [4.69, 9.17) is 0 Å². The van der Waals surface area contributed by atoms with Crippen molar-refractivity contribution >= 4 is 6.29 Å². The molecule has 0 aromatic heterocycles. The Labute approximate surface area is 115 Å². The molecule has 1 heteroatoms. The van der Waals surface area contributed by atoms with E-state index in [0.29, 0.717) is 0 Å². The lowest BCUT2D eigenvalue weighted by atomic mass is 9.43. The van der Waals surface area contributed by atoms with Crippen molar-refractivity contribution < 1.29 is 4.79 Å². The molecule has 0 unspecified atom stereocenters. The first kappa shape index (κ1) is 11.7. The van der Waals surface area contributed by atoms with Crippen LogP contribution in [0.1, 0.15) is 44.1 Å². The van der Waals surface area contributed by atoms with E-state index in [-0.39, 0.29) is 5.41 Å². The highest BCUT2D eigenvalue weighted by atomic mass is 16.1. The van der Waals surface area contributed by atoms with Gasteiger partial charge in [0.15, 0.2) is 0 Å². The fraction of sp³-hybridized carbons (Fsp3) is 0.611. The van der Waals surface area contributed by atoms with Gasteiger partial charge in [-0.1, -0.05) is 30.3 Å². The molecule has 0 heterocycles. The third kappa shape index (κ3) is 1.57. The molecule has 4 aliphatic carbocycles. The van der Waals surface area contributed by atoms with Gasteiger partial charge in [-0.2, -0.15) is 0 Å². The number of hydrogen-bond acceptors (Lipinski definition) is 1. The molecule has 4 aliphatic rings. The smallest absolute Gasteiger partial charge is 0.120 e. The fourth-order valence-corrected chi connectivity index (χ4v) is 5.83. The van der Waals surface area contributed by atoms with Gasteiger partial charge in [0.1, 0.15) is 6.29 Å². The standard InChI is InChI=1S/C18H22O/c19-7-6-18(15-4-2-1-3-5-15)16-9-13-8-14(11-16)12-17(18)10-13/h1-5,7,13-14,16-17H,6,8-12H2. The SMILES string of the molecule is O=CCC1(c2ccccc2)C2CC3CC(C2)CC1C3. The first-order valence-electron chi connectivity index (χ1n) is 7.82. The van der Waals surface area contributed by atoms with Gasteiger partial charge < -0.3 is 4.79 Å². The van der Waals surface area contributed by atoms with E-state index in [1.54, 1.807) is 0 Å². The zero-order valence-electron chi connectivity index (χ0n) is 11.4. The summed E-state index contributed by atoms with van der Waals surface area (Å²) in [6, 6.07) is 10.9. The van der Waals surface area contributed by atoms with Gasteiger partial charge in [0, 0.05) is 11.8 Å². The van der Waals surface area contributed by atoms with Crippen molar-refractivity contribution in [1.29, 1.82) is 0 Å². The van der Waals surface area contributed by atoms with Crippen LogP contribution >= 0.6 is 0 Å². The van der Waals surface area contributed by atoms with Crippen molar-refractivity contribution in [3.05, 3.63) is 35.9 Å². The highest BCUT2D eigenvalue weighted by Gasteiger charge is 2.57. The molecule has 0 spiro atoms. The second kappa shape index (κ2) is 4.19. The summed E-state index contributed by atoms with van der Waals surface area (Å²) in [5, 5.41) is 0. The molecule has 0 N–H and O–H groups in total. The van der Waals surface area contributed by atoms with E-state index >= 15 is 0 Å². The van der Waals surface area contributed by atoms with Crippen molar-refractivity contribution in [2.45, 2.75) is 43.9 Å². The van der Waals surface area contributed by atoms with E-state index in [1.165, 1.54) is 44.0 Å². The van der Waals surface area contributed by atoms with E-state index < -0.39 is 0 Å². The average molecular weight is 254 g/mol. The predicted octanol–water partition coefficient (Wildman–Crippen LogP) is 3.97. The minimum absolute atomic E-state index is 0.177. The summed E-state index contributed by atoms with van der Waals surface area (Å²) in [5.74, 6) is 3.45. The van der Waals surface area contributed by atoms with Crippen LogP contribution in [0.3, 0.4) is 0 Å². The Kier molecular flexibility index (Phi) is 2.58. The van der Waals surface area contributed by atoms with Crippen molar-refractivity contribution in [1.82, 2.24) is 0 Å². The summed E-state index contributed by atoms with van der Waals surface area (Å²) in [6.45, 7) is 0. The lowest BCUT2D eigenvalue weighted by Crippen LogP contribution is -2.55. The summed E-state index contributed by atoms with van der Waals surface area (Å²) >= 11 is 0. The highest BCUT2D eigenvalue weighted by molar-refractivity contribution is 5.55. The van der Waals surface area contributed by atoms with E-state index in [1.807, 2.05) is 0 Å². The minimum Gasteiger partial charge on any atom is -0.303 e. The number of aldehydes is 1. The zero-order chi connectivity index (χ0) is 12.9. The van der Waals surface area contributed by atoms with Crippen LogP contribution in [-0.2, 0) is 10.2 Å². The van der Waals surface area contributed by atoms with Crippen LogP contribution in [0.25, 0.3) is 0 Å². The molecule has 0 atom stereocenters. The van der Waals surface area contributed by atoms with E-state index in [2.05, 4.69) is 30.3 Å². The van der Waals surface area contributed by atoms with Crippen LogP contribution in [0.2, 0.25) is 0 Å². The Hall–Kier alpha value is -1.11. The topological polar surface area (TPSA) is 17.1 Å². The Morgan fingerprint density at radius 2 is 1.53 bits per heavy atom. The minimum atomic E-state index is 0.177. The second-order valence-electron chi connectivity index (χ2n) is 7.08. The highest BCUT2D eigenvalue weighted by Crippen LogP contribution is 2.63. The molecule has 4 fully saturated rings. The van der Waals surface area contributed by atoms with Crippen molar-refractivity contribution in [2.24, 2.45) is 23.7 Å². The molecule has 4 saturated carbocycles. The summed E-state index contributed by atoms with van der Waals surface area (Å²) < 4.78 is 0. The first-order chi connectivity index (χ1) is 9.33. The molecule has 100 valence electrons. The van der Waals surface area contributed by atoms with Crippen molar-refractivity contribution in [3.8, 4) is 0 Å². The van der Waals surface area contributed by atoms with Gasteiger partial charge in [-0.15, -0.1) is 0 Å². The molecule has 5 rings (SSSR count). The predicted molar refractivity (Wildman–Crippen MR) is 75.8 cm³/mol. The molecule has 0 radical (unpaired) electrons. The number of benzene rings is 1. The molecule has 1 aromatic carbocycles. The second-order valence-corrected chi connectivity index (χ2v) is 7.08. The largest absolute Gasteiger partial charge is 0.303 e. The Balaban J connectivity index is 1.81. The molecule has 0 aliphatic heterocycles. The molecular weight excluding hydrogens is 232 g/mol. The van der Waals surface area contributed by atoms with Gasteiger partial charge >= 0.3 is 0 Å².